The standard InChI is InChI=1S/C10H21NO4/c1-6(11)7-8(9(12-4)13-5)15-10(2,3)14-7/h6-9H,11H2,1-5H3/t6-,7+,8+/m0/s1. The van der Waals surface area contributed by atoms with Crippen molar-refractivity contribution in [1.29, 1.82) is 0 Å². The molecule has 0 aliphatic carbocycles. The molecule has 0 saturated carbocycles. The van der Waals surface area contributed by atoms with Crippen molar-refractivity contribution in [1.82, 2.24) is 0 Å². The molecule has 0 aromatic rings. The topological polar surface area (TPSA) is 62.9 Å². The first-order valence-electron chi connectivity index (χ1n) is 5.08. The highest BCUT2D eigenvalue weighted by Gasteiger charge is 2.47. The Morgan fingerprint density at radius 3 is 2.00 bits per heavy atom. The highest BCUT2D eigenvalue weighted by Crippen LogP contribution is 2.32. The van der Waals surface area contributed by atoms with E-state index in [2.05, 4.69) is 0 Å². The monoisotopic (exact) mass is 219 g/mol. The van der Waals surface area contributed by atoms with E-state index in [1.165, 1.54) is 0 Å². The summed E-state index contributed by atoms with van der Waals surface area (Å²) in [7, 11) is 3.14. The smallest absolute Gasteiger partial charge is 0.185 e. The van der Waals surface area contributed by atoms with Gasteiger partial charge in [-0.25, -0.2) is 0 Å². The Bertz CT molecular complexity index is 204. The maximum absolute atomic E-state index is 5.84. The van der Waals surface area contributed by atoms with Gasteiger partial charge in [-0.3, -0.25) is 0 Å². The van der Waals surface area contributed by atoms with Gasteiger partial charge in [0.1, 0.15) is 12.2 Å². The third kappa shape index (κ3) is 2.89. The lowest BCUT2D eigenvalue weighted by atomic mass is 10.1. The molecule has 1 saturated heterocycles. The van der Waals surface area contributed by atoms with E-state index in [1.54, 1.807) is 14.2 Å². The molecule has 90 valence electrons. The first-order chi connectivity index (χ1) is 6.91. The van der Waals surface area contributed by atoms with Crippen LogP contribution in [0.15, 0.2) is 0 Å². The Hall–Kier alpha value is -0.200. The van der Waals surface area contributed by atoms with Gasteiger partial charge in [-0.1, -0.05) is 0 Å². The molecule has 1 fully saturated rings. The Labute approximate surface area is 90.8 Å². The van der Waals surface area contributed by atoms with Gasteiger partial charge in [0, 0.05) is 20.3 Å². The molecular weight excluding hydrogens is 198 g/mol. The Morgan fingerprint density at radius 2 is 1.60 bits per heavy atom. The van der Waals surface area contributed by atoms with Crippen LogP contribution in [0.4, 0.5) is 0 Å². The van der Waals surface area contributed by atoms with E-state index in [0.717, 1.165) is 0 Å². The van der Waals surface area contributed by atoms with Crippen molar-refractivity contribution in [3.63, 3.8) is 0 Å². The van der Waals surface area contributed by atoms with Crippen molar-refractivity contribution in [3.8, 4) is 0 Å². The largest absolute Gasteiger partial charge is 0.353 e. The lowest BCUT2D eigenvalue weighted by Crippen LogP contribution is -2.46. The molecule has 0 aromatic carbocycles. The summed E-state index contributed by atoms with van der Waals surface area (Å²) in [6, 6.07) is -0.135. The van der Waals surface area contributed by atoms with E-state index < -0.39 is 12.1 Å². The van der Waals surface area contributed by atoms with Gasteiger partial charge in [0.05, 0.1) is 0 Å². The summed E-state index contributed by atoms with van der Waals surface area (Å²) >= 11 is 0. The molecule has 3 atom stereocenters. The summed E-state index contributed by atoms with van der Waals surface area (Å²) in [5, 5.41) is 0. The lowest BCUT2D eigenvalue weighted by molar-refractivity contribution is -0.201. The van der Waals surface area contributed by atoms with E-state index in [0.29, 0.717) is 0 Å². The molecule has 1 rings (SSSR count). The zero-order valence-corrected chi connectivity index (χ0v) is 10.0. The molecule has 2 N–H and O–H groups in total. The lowest BCUT2D eigenvalue weighted by Gasteiger charge is -2.25. The molecule has 1 aliphatic heterocycles. The summed E-state index contributed by atoms with van der Waals surface area (Å²) in [5.41, 5.74) is 5.84. The van der Waals surface area contributed by atoms with Crippen molar-refractivity contribution in [3.05, 3.63) is 0 Å². The summed E-state index contributed by atoms with van der Waals surface area (Å²) < 4.78 is 21.8. The predicted octanol–water partition coefficient (Wildman–Crippen LogP) is 0.473. The summed E-state index contributed by atoms with van der Waals surface area (Å²) in [6.45, 7) is 5.58. The average molecular weight is 219 g/mol. The first kappa shape index (κ1) is 12.9. The van der Waals surface area contributed by atoms with Crippen molar-refractivity contribution in [2.24, 2.45) is 5.73 Å². The first-order valence-corrected chi connectivity index (χ1v) is 5.08. The molecule has 1 heterocycles. The third-order valence-corrected chi connectivity index (χ3v) is 2.41. The second-order valence-electron chi connectivity index (χ2n) is 4.26. The second kappa shape index (κ2) is 4.76. The number of hydrogen-bond acceptors (Lipinski definition) is 5. The fourth-order valence-electron chi connectivity index (χ4n) is 1.80. The van der Waals surface area contributed by atoms with Crippen molar-refractivity contribution >= 4 is 0 Å². The minimum atomic E-state index is -0.641. The van der Waals surface area contributed by atoms with E-state index in [-0.39, 0.29) is 18.2 Å². The number of hydrogen-bond donors (Lipinski definition) is 1. The van der Waals surface area contributed by atoms with Crippen LogP contribution < -0.4 is 5.73 Å². The fraction of sp³-hybridized carbons (Fsp3) is 1.00. The quantitative estimate of drug-likeness (QED) is 0.696. The molecule has 15 heavy (non-hydrogen) atoms. The van der Waals surface area contributed by atoms with Crippen LogP contribution in [0.5, 0.6) is 0 Å². The van der Waals surface area contributed by atoms with Crippen molar-refractivity contribution in [2.75, 3.05) is 14.2 Å². The number of ether oxygens (including phenoxy) is 4. The SMILES string of the molecule is COC(OC)[C@@H]1OC(C)(C)O[C@@H]1[C@H](C)N. The minimum Gasteiger partial charge on any atom is -0.353 e. The normalized spacial score (nSPS) is 32.2. The fourth-order valence-corrected chi connectivity index (χ4v) is 1.80. The minimum absolute atomic E-state index is 0.135. The van der Waals surface area contributed by atoms with Gasteiger partial charge in [-0.05, 0) is 20.8 Å². The maximum atomic E-state index is 5.84. The van der Waals surface area contributed by atoms with E-state index >= 15 is 0 Å². The maximum Gasteiger partial charge on any atom is 0.185 e. The molecule has 0 aromatic heterocycles. The van der Waals surface area contributed by atoms with Crippen LogP contribution in [0.2, 0.25) is 0 Å². The molecular formula is C10H21NO4. The average Bonchev–Trinajstić information content (AvgIpc) is 2.44. The van der Waals surface area contributed by atoms with Crippen LogP contribution in [0, 0.1) is 0 Å². The third-order valence-electron chi connectivity index (χ3n) is 2.41. The van der Waals surface area contributed by atoms with E-state index in [4.69, 9.17) is 24.7 Å². The number of nitrogens with two attached hydrogens (primary N) is 1. The zero-order valence-electron chi connectivity index (χ0n) is 10.0. The van der Waals surface area contributed by atoms with Gasteiger partial charge < -0.3 is 24.7 Å². The molecule has 0 radical (unpaired) electrons. The van der Waals surface area contributed by atoms with Gasteiger partial charge in [0.25, 0.3) is 0 Å². The van der Waals surface area contributed by atoms with E-state index in [9.17, 15) is 0 Å². The van der Waals surface area contributed by atoms with Crippen LogP contribution >= 0.6 is 0 Å². The van der Waals surface area contributed by atoms with Gasteiger partial charge >= 0.3 is 0 Å². The van der Waals surface area contributed by atoms with Gasteiger partial charge in [0.2, 0.25) is 0 Å². The van der Waals surface area contributed by atoms with E-state index in [1.807, 2.05) is 20.8 Å². The molecule has 5 nitrogen and oxygen atoms in total. The summed E-state index contributed by atoms with van der Waals surface area (Å²) in [6.07, 6.45) is -0.970. The number of rotatable bonds is 4. The number of methoxy groups -OCH3 is 2. The van der Waals surface area contributed by atoms with Crippen LogP contribution in [-0.2, 0) is 18.9 Å². The van der Waals surface area contributed by atoms with Crippen LogP contribution in [0.1, 0.15) is 20.8 Å². The second-order valence-corrected chi connectivity index (χ2v) is 4.26. The Morgan fingerprint density at radius 1 is 1.13 bits per heavy atom. The van der Waals surface area contributed by atoms with Crippen LogP contribution in [0.25, 0.3) is 0 Å². The molecule has 0 amide bonds. The highest BCUT2D eigenvalue weighted by atomic mass is 16.8. The zero-order chi connectivity index (χ0) is 11.6. The predicted molar refractivity (Wildman–Crippen MR) is 55.3 cm³/mol. The molecule has 1 aliphatic rings. The van der Waals surface area contributed by atoms with Crippen molar-refractivity contribution < 1.29 is 18.9 Å². The highest BCUT2D eigenvalue weighted by molar-refractivity contribution is 4.88. The Balaban J connectivity index is 2.76. The summed E-state index contributed by atoms with van der Waals surface area (Å²) in [5.74, 6) is -0.641. The van der Waals surface area contributed by atoms with Crippen molar-refractivity contribution in [2.45, 2.75) is 51.1 Å². The molecule has 0 spiro atoms. The van der Waals surface area contributed by atoms with Gasteiger partial charge in [-0.15, -0.1) is 0 Å². The molecule has 5 heteroatoms. The van der Waals surface area contributed by atoms with Crippen LogP contribution in [0.3, 0.4) is 0 Å². The van der Waals surface area contributed by atoms with Gasteiger partial charge in [-0.2, -0.15) is 0 Å². The molecule has 0 unspecified atom stereocenters. The van der Waals surface area contributed by atoms with Crippen LogP contribution in [-0.4, -0.2) is 44.5 Å². The Kier molecular flexibility index (Phi) is 4.08. The summed E-state index contributed by atoms with van der Waals surface area (Å²) in [4.78, 5) is 0. The van der Waals surface area contributed by atoms with Gasteiger partial charge in [0.15, 0.2) is 12.1 Å². The molecule has 0 bridgehead atoms.